The van der Waals surface area contributed by atoms with Gasteiger partial charge in [-0.05, 0) is 55.9 Å². The Morgan fingerprint density at radius 2 is 1.70 bits per heavy atom. The highest BCUT2D eigenvalue weighted by Gasteiger charge is 2.13. The lowest BCUT2D eigenvalue weighted by atomic mass is 9.99. The number of hydrogen-bond acceptors (Lipinski definition) is 1. The van der Waals surface area contributed by atoms with Gasteiger partial charge in [-0.15, -0.1) is 0 Å². The van der Waals surface area contributed by atoms with E-state index in [2.05, 4.69) is 75.5 Å². The van der Waals surface area contributed by atoms with Crippen LogP contribution in [0, 0.1) is 20.8 Å². The van der Waals surface area contributed by atoms with Gasteiger partial charge in [-0.3, -0.25) is 4.79 Å². The molecular weight excluding hydrogens is 282 g/mol. The first-order chi connectivity index (χ1) is 11.0. The minimum Gasteiger partial charge on any atom is -0.349 e. The van der Waals surface area contributed by atoms with Gasteiger partial charge >= 0.3 is 0 Å². The van der Waals surface area contributed by atoms with Crippen LogP contribution in [0.1, 0.15) is 53.6 Å². The van der Waals surface area contributed by atoms with Gasteiger partial charge in [0, 0.05) is 6.42 Å². The lowest BCUT2D eigenvalue weighted by Gasteiger charge is -2.18. The molecule has 0 heterocycles. The first kappa shape index (κ1) is 17.3. The van der Waals surface area contributed by atoms with Crippen LogP contribution in [-0.2, 0) is 11.2 Å². The molecule has 0 spiro atoms. The van der Waals surface area contributed by atoms with E-state index in [9.17, 15) is 4.79 Å². The fraction of sp³-hybridized carbons (Fsp3) is 0.381. The van der Waals surface area contributed by atoms with E-state index in [-0.39, 0.29) is 11.9 Å². The topological polar surface area (TPSA) is 29.1 Å². The monoisotopic (exact) mass is 309 g/mol. The molecule has 1 amide bonds. The molecule has 122 valence electrons. The average molecular weight is 309 g/mol. The highest BCUT2D eigenvalue weighted by atomic mass is 16.1. The van der Waals surface area contributed by atoms with Gasteiger partial charge < -0.3 is 5.32 Å². The number of hydrogen-bond donors (Lipinski definition) is 1. The molecule has 0 radical (unpaired) electrons. The second kappa shape index (κ2) is 7.96. The van der Waals surface area contributed by atoms with E-state index in [0.29, 0.717) is 6.42 Å². The predicted octanol–water partition coefficient (Wildman–Crippen LogP) is 4.81. The molecule has 1 atom stereocenters. The Bertz CT molecular complexity index is 658. The van der Waals surface area contributed by atoms with Crippen molar-refractivity contribution in [2.75, 3.05) is 0 Å². The summed E-state index contributed by atoms with van der Waals surface area (Å²) >= 11 is 0. The summed E-state index contributed by atoms with van der Waals surface area (Å²) in [6, 6.07) is 14.9. The first-order valence-electron chi connectivity index (χ1n) is 8.41. The number of nitrogens with one attached hydrogen (secondary N) is 1. The molecule has 0 saturated heterocycles. The van der Waals surface area contributed by atoms with Crippen LogP contribution in [0.25, 0.3) is 0 Å². The predicted molar refractivity (Wildman–Crippen MR) is 96.6 cm³/mol. The number of carbonyl (C=O) groups is 1. The fourth-order valence-electron chi connectivity index (χ4n) is 2.68. The van der Waals surface area contributed by atoms with E-state index in [1.54, 1.807) is 0 Å². The quantitative estimate of drug-likeness (QED) is 0.815. The van der Waals surface area contributed by atoms with E-state index in [0.717, 1.165) is 12.8 Å². The van der Waals surface area contributed by atoms with Crippen LogP contribution in [0.3, 0.4) is 0 Å². The zero-order valence-electron chi connectivity index (χ0n) is 14.6. The standard InChI is InChI=1S/C21H27NO/c1-5-20(19-12-8-16(3)17(4)14-19)22-21(23)13-11-18-9-6-15(2)7-10-18/h6-10,12,14,20H,5,11,13H2,1-4H3,(H,22,23). The third kappa shape index (κ3) is 4.95. The van der Waals surface area contributed by atoms with Gasteiger partial charge in [-0.25, -0.2) is 0 Å². The SMILES string of the molecule is CCC(NC(=O)CCc1ccc(C)cc1)c1ccc(C)c(C)c1. The number of carbonyl (C=O) groups excluding carboxylic acids is 1. The van der Waals surface area contributed by atoms with E-state index in [1.165, 1.54) is 27.8 Å². The van der Waals surface area contributed by atoms with Crippen molar-refractivity contribution < 1.29 is 4.79 Å². The van der Waals surface area contributed by atoms with Crippen molar-refractivity contribution in [3.8, 4) is 0 Å². The van der Waals surface area contributed by atoms with Crippen LogP contribution in [0.5, 0.6) is 0 Å². The molecule has 2 nitrogen and oxygen atoms in total. The van der Waals surface area contributed by atoms with Gasteiger partial charge in [0.25, 0.3) is 0 Å². The van der Waals surface area contributed by atoms with Gasteiger partial charge in [-0.2, -0.15) is 0 Å². The molecule has 1 N–H and O–H groups in total. The molecule has 2 aromatic rings. The Morgan fingerprint density at radius 3 is 2.30 bits per heavy atom. The highest BCUT2D eigenvalue weighted by molar-refractivity contribution is 5.76. The number of amides is 1. The van der Waals surface area contributed by atoms with Crippen molar-refractivity contribution in [1.82, 2.24) is 5.32 Å². The smallest absolute Gasteiger partial charge is 0.220 e. The minimum absolute atomic E-state index is 0.0971. The Kier molecular flexibility index (Phi) is 5.97. The van der Waals surface area contributed by atoms with Gasteiger partial charge in [-0.1, -0.05) is 55.0 Å². The summed E-state index contributed by atoms with van der Waals surface area (Å²) in [6.45, 7) is 8.41. The van der Waals surface area contributed by atoms with Crippen molar-refractivity contribution in [2.45, 2.75) is 53.0 Å². The summed E-state index contributed by atoms with van der Waals surface area (Å²) in [5, 5.41) is 3.17. The zero-order chi connectivity index (χ0) is 16.8. The van der Waals surface area contributed by atoms with Gasteiger partial charge in [0.15, 0.2) is 0 Å². The summed E-state index contributed by atoms with van der Waals surface area (Å²) in [6.07, 6.45) is 2.22. The summed E-state index contributed by atoms with van der Waals surface area (Å²) in [5.41, 5.74) is 6.22. The van der Waals surface area contributed by atoms with E-state index in [4.69, 9.17) is 0 Å². The van der Waals surface area contributed by atoms with E-state index < -0.39 is 0 Å². The third-order valence-corrected chi connectivity index (χ3v) is 4.44. The van der Waals surface area contributed by atoms with Gasteiger partial charge in [0.05, 0.1) is 6.04 Å². The number of rotatable bonds is 6. The van der Waals surface area contributed by atoms with Crippen LogP contribution >= 0.6 is 0 Å². The first-order valence-corrected chi connectivity index (χ1v) is 8.41. The molecule has 0 saturated carbocycles. The maximum atomic E-state index is 12.3. The Balaban J connectivity index is 1.94. The molecule has 2 heteroatoms. The second-order valence-corrected chi connectivity index (χ2v) is 6.36. The Labute approximate surface area is 139 Å². The van der Waals surface area contributed by atoms with Crippen LogP contribution in [0.15, 0.2) is 42.5 Å². The normalized spacial score (nSPS) is 12.0. The molecule has 0 aliphatic carbocycles. The van der Waals surface area contributed by atoms with Crippen molar-refractivity contribution in [3.63, 3.8) is 0 Å². The summed E-state index contributed by atoms with van der Waals surface area (Å²) in [7, 11) is 0. The molecule has 23 heavy (non-hydrogen) atoms. The zero-order valence-corrected chi connectivity index (χ0v) is 14.6. The van der Waals surface area contributed by atoms with E-state index >= 15 is 0 Å². The van der Waals surface area contributed by atoms with Crippen LogP contribution in [0.4, 0.5) is 0 Å². The fourth-order valence-corrected chi connectivity index (χ4v) is 2.68. The number of aryl methyl sites for hydroxylation is 4. The maximum Gasteiger partial charge on any atom is 0.220 e. The van der Waals surface area contributed by atoms with Crippen LogP contribution in [-0.4, -0.2) is 5.91 Å². The second-order valence-electron chi connectivity index (χ2n) is 6.36. The van der Waals surface area contributed by atoms with Crippen molar-refractivity contribution in [3.05, 3.63) is 70.3 Å². The maximum absolute atomic E-state index is 12.3. The third-order valence-electron chi connectivity index (χ3n) is 4.44. The molecule has 0 bridgehead atoms. The van der Waals surface area contributed by atoms with Crippen LogP contribution in [0.2, 0.25) is 0 Å². The minimum atomic E-state index is 0.0971. The number of benzene rings is 2. The largest absolute Gasteiger partial charge is 0.349 e. The molecular formula is C21H27NO. The Morgan fingerprint density at radius 1 is 1.00 bits per heavy atom. The van der Waals surface area contributed by atoms with Crippen molar-refractivity contribution in [1.29, 1.82) is 0 Å². The summed E-state index contributed by atoms with van der Waals surface area (Å²) < 4.78 is 0. The molecule has 0 aliphatic heterocycles. The molecule has 0 aromatic heterocycles. The van der Waals surface area contributed by atoms with Crippen molar-refractivity contribution in [2.24, 2.45) is 0 Å². The lowest BCUT2D eigenvalue weighted by molar-refractivity contribution is -0.121. The molecule has 0 aliphatic rings. The molecule has 1 unspecified atom stereocenters. The Hall–Kier alpha value is -2.09. The van der Waals surface area contributed by atoms with E-state index in [1.807, 2.05) is 0 Å². The molecule has 2 aromatic carbocycles. The van der Waals surface area contributed by atoms with Gasteiger partial charge in [0.2, 0.25) is 5.91 Å². The van der Waals surface area contributed by atoms with Crippen molar-refractivity contribution >= 4 is 5.91 Å². The van der Waals surface area contributed by atoms with Gasteiger partial charge in [0.1, 0.15) is 0 Å². The lowest BCUT2D eigenvalue weighted by Crippen LogP contribution is -2.28. The average Bonchev–Trinajstić information content (AvgIpc) is 2.55. The summed E-state index contributed by atoms with van der Waals surface area (Å²) in [4.78, 5) is 12.3. The van der Waals surface area contributed by atoms with Crippen LogP contribution < -0.4 is 5.32 Å². The molecule has 0 fully saturated rings. The summed E-state index contributed by atoms with van der Waals surface area (Å²) in [5.74, 6) is 0.121. The highest BCUT2D eigenvalue weighted by Crippen LogP contribution is 2.20. The molecule has 2 rings (SSSR count).